The van der Waals surface area contributed by atoms with Gasteiger partial charge in [-0.15, -0.1) is 0 Å². The minimum Gasteiger partial charge on any atom is -0.346 e. The van der Waals surface area contributed by atoms with Crippen LogP contribution in [0, 0.1) is 6.92 Å². The number of carbonyl (C=O) groups excluding carboxylic acids is 1. The minimum atomic E-state index is -0.158. The fourth-order valence-corrected chi connectivity index (χ4v) is 0.754. The molecule has 0 aliphatic heterocycles. The highest BCUT2D eigenvalue weighted by Crippen LogP contribution is 1.94. The number of hydrogen-bond donors (Lipinski definition) is 2. The lowest BCUT2D eigenvalue weighted by molar-refractivity contribution is -0.118. The summed E-state index contributed by atoms with van der Waals surface area (Å²) in [5.41, 5.74) is 0. The van der Waals surface area contributed by atoms with Crippen LogP contribution >= 0.6 is 12.6 Å². The summed E-state index contributed by atoms with van der Waals surface area (Å²) < 4.78 is 4.76. The Morgan fingerprint density at radius 1 is 1.75 bits per heavy atom. The van der Waals surface area contributed by atoms with Gasteiger partial charge >= 0.3 is 0 Å². The number of amides is 1. The number of hydrogen-bond acceptors (Lipinski definition) is 5. The molecule has 5 nitrogen and oxygen atoms in total. The fraction of sp³-hybridized carbons (Fsp3) is 0.500. The summed E-state index contributed by atoms with van der Waals surface area (Å²) >= 11 is 3.79. The van der Waals surface area contributed by atoms with Crippen LogP contribution in [0.1, 0.15) is 11.7 Å². The second-order valence-electron chi connectivity index (χ2n) is 2.17. The molecular formula is C6H9N3O2S. The predicted molar refractivity (Wildman–Crippen MR) is 44.7 cm³/mol. The molecule has 0 aromatic carbocycles. The molecule has 0 bridgehead atoms. The van der Waals surface area contributed by atoms with Gasteiger partial charge in [-0.05, 0) is 6.92 Å². The van der Waals surface area contributed by atoms with E-state index in [1.165, 1.54) is 0 Å². The molecule has 66 valence electrons. The van der Waals surface area contributed by atoms with Crippen LogP contribution in [0.15, 0.2) is 4.52 Å². The zero-order valence-corrected chi connectivity index (χ0v) is 7.47. The van der Waals surface area contributed by atoms with E-state index in [0.717, 1.165) is 0 Å². The van der Waals surface area contributed by atoms with Crippen LogP contribution in [0.3, 0.4) is 0 Å². The fourth-order valence-electron chi connectivity index (χ4n) is 0.642. The lowest BCUT2D eigenvalue weighted by atomic mass is 10.6. The molecule has 0 atom stereocenters. The molecule has 1 aromatic rings. The average molecular weight is 187 g/mol. The number of aromatic nitrogens is 2. The zero-order chi connectivity index (χ0) is 8.97. The summed E-state index contributed by atoms with van der Waals surface area (Å²) in [6, 6.07) is 0. The third-order valence-corrected chi connectivity index (χ3v) is 1.44. The van der Waals surface area contributed by atoms with Crippen molar-refractivity contribution in [1.82, 2.24) is 15.5 Å². The van der Waals surface area contributed by atoms with Gasteiger partial charge in [0.05, 0.1) is 12.3 Å². The summed E-state index contributed by atoms with van der Waals surface area (Å²) in [5.74, 6) is 0.967. The van der Waals surface area contributed by atoms with Crippen molar-refractivity contribution < 1.29 is 9.32 Å². The minimum absolute atomic E-state index is 0.158. The first-order valence-corrected chi connectivity index (χ1v) is 4.02. The Kier molecular flexibility index (Phi) is 3.09. The van der Waals surface area contributed by atoms with Gasteiger partial charge in [0.15, 0.2) is 5.82 Å². The molecule has 1 rings (SSSR count). The van der Waals surface area contributed by atoms with E-state index in [2.05, 4.69) is 28.1 Å². The molecule has 1 N–H and O–H groups in total. The van der Waals surface area contributed by atoms with E-state index >= 15 is 0 Å². The Morgan fingerprint density at radius 2 is 2.50 bits per heavy atom. The average Bonchev–Trinajstić information content (AvgIpc) is 2.47. The molecule has 12 heavy (non-hydrogen) atoms. The molecule has 1 heterocycles. The number of nitrogens with zero attached hydrogens (tertiary/aromatic N) is 2. The molecule has 0 unspecified atom stereocenters. The molecule has 0 radical (unpaired) electrons. The monoisotopic (exact) mass is 187 g/mol. The first kappa shape index (κ1) is 9.05. The van der Waals surface area contributed by atoms with E-state index in [4.69, 9.17) is 4.52 Å². The highest BCUT2D eigenvalue weighted by Gasteiger charge is 2.03. The van der Waals surface area contributed by atoms with Gasteiger partial charge in [-0.1, -0.05) is 5.16 Å². The van der Waals surface area contributed by atoms with Crippen molar-refractivity contribution in [3.8, 4) is 0 Å². The highest BCUT2D eigenvalue weighted by molar-refractivity contribution is 7.81. The molecular weight excluding hydrogens is 178 g/mol. The van der Waals surface area contributed by atoms with E-state index in [-0.39, 0.29) is 18.2 Å². The maximum Gasteiger partial charge on any atom is 0.246 e. The summed E-state index contributed by atoms with van der Waals surface area (Å²) in [6.45, 7) is 1.98. The smallest absolute Gasteiger partial charge is 0.246 e. The predicted octanol–water partition coefficient (Wildman–Crippen LogP) is -0.0760. The SMILES string of the molecule is Cc1noc(CNC(=O)CS)n1. The van der Waals surface area contributed by atoms with E-state index in [0.29, 0.717) is 11.7 Å². The Hall–Kier alpha value is -1.04. The van der Waals surface area contributed by atoms with Crippen molar-refractivity contribution in [1.29, 1.82) is 0 Å². The van der Waals surface area contributed by atoms with Gasteiger partial charge in [-0.2, -0.15) is 17.6 Å². The number of carbonyl (C=O) groups is 1. The summed E-state index contributed by atoms with van der Waals surface area (Å²) in [5, 5.41) is 6.11. The van der Waals surface area contributed by atoms with Crippen molar-refractivity contribution >= 4 is 18.5 Å². The third-order valence-electron chi connectivity index (χ3n) is 1.15. The lowest BCUT2D eigenvalue weighted by Crippen LogP contribution is -2.23. The van der Waals surface area contributed by atoms with Crippen LogP contribution in [0.2, 0.25) is 0 Å². The van der Waals surface area contributed by atoms with E-state index < -0.39 is 0 Å². The van der Waals surface area contributed by atoms with Crippen molar-refractivity contribution in [2.75, 3.05) is 5.75 Å². The zero-order valence-electron chi connectivity index (χ0n) is 6.57. The maximum absolute atomic E-state index is 10.7. The van der Waals surface area contributed by atoms with Crippen LogP contribution < -0.4 is 5.32 Å². The van der Waals surface area contributed by atoms with Crippen molar-refractivity contribution in [3.63, 3.8) is 0 Å². The Morgan fingerprint density at radius 3 is 3.00 bits per heavy atom. The number of aryl methyl sites for hydroxylation is 1. The van der Waals surface area contributed by atoms with Gasteiger partial charge in [0, 0.05) is 0 Å². The van der Waals surface area contributed by atoms with Crippen LogP contribution in [0.25, 0.3) is 0 Å². The van der Waals surface area contributed by atoms with Gasteiger partial charge in [0.1, 0.15) is 0 Å². The Bertz CT molecular complexity index is 274. The van der Waals surface area contributed by atoms with E-state index in [1.54, 1.807) is 6.92 Å². The van der Waals surface area contributed by atoms with E-state index in [1.807, 2.05) is 0 Å². The Labute approximate surface area is 74.9 Å². The molecule has 0 saturated heterocycles. The van der Waals surface area contributed by atoms with Gasteiger partial charge in [-0.25, -0.2) is 0 Å². The Balaban J connectivity index is 2.38. The molecule has 0 aliphatic rings. The molecule has 0 spiro atoms. The summed E-state index contributed by atoms with van der Waals surface area (Å²) in [4.78, 5) is 14.6. The second kappa shape index (κ2) is 4.10. The molecule has 1 aromatic heterocycles. The molecule has 0 aliphatic carbocycles. The number of nitrogens with one attached hydrogen (secondary N) is 1. The third kappa shape index (κ3) is 2.54. The van der Waals surface area contributed by atoms with Gasteiger partial charge in [-0.3, -0.25) is 4.79 Å². The normalized spacial score (nSPS) is 9.83. The van der Waals surface area contributed by atoms with E-state index in [9.17, 15) is 4.79 Å². The van der Waals surface area contributed by atoms with Crippen LogP contribution in [-0.2, 0) is 11.3 Å². The van der Waals surface area contributed by atoms with Gasteiger partial charge in [0.25, 0.3) is 0 Å². The largest absolute Gasteiger partial charge is 0.346 e. The highest BCUT2D eigenvalue weighted by atomic mass is 32.1. The molecule has 0 fully saturated rings. The van der Waals surface area contributed by atoms with Crippen molar-refractivity contribution in [3.05, 3.63) is 11.7 Å². The first-order chi connectivity index (χ1) is 5.72. The van der Waals surface area contributed by atoms with Crippen molar-refractivity contribution in [2.24, 2.45) is 0 Å². The summed E-state index contributed by atoms with van der Waals surface area (Å²) in [6.07, 6.45) is 0. The standard InChI is InChI=1S/C6H9N3O2S/c1-4-8-6(11-9-4)2-7-5(10)3-12/h12H,2-3H2,1H3,(H,7,10). The molecule has 0 saturated carbocycles. The van der Waals surface area contributed by atoms with Crippen LogP contribution in [0.4, 0.5) is 0 Å². The topological polar surface area (TPSA) is 68.0 Å². The second-order valence-corrected chi connectivity index (χ2v) is 2.49. The number of thiol groups is 1. The van der Waals surface area contributed by atoms with Crippen LogP contribution in [0.5, 0.6) is 0 Å². The quantitative estimate of drug-likeness (QED) is 0.650. The maximum atomic E-state index is 10.7. The van der Waals surface area contributed by atoms with Gasteiger partial charge in [0.2, 0.25) is 11.8 Å². The lowest BCUT2D eigenvalue weighted by Gasteiger charge is -1.96. The number of rotatable bonds is 3. The molecule has 1 amide bonds. The summed E-state index contributed by atoms with van der Waals surface area (Å²) in [7, 11) is 0. The van der Waals surface area contributed by atoms with Crippen molar-refractivity contribution in [2.45, 2.75) is 13.5 Å². The first-order valence-electron chi connectivity index (χ1n) is 3.39. The molecule has 6 heteroatoms. The van der Waals surface area contributed by atoms with Crippen LogP contribution in [-0.4, -0.2) is 21.8 Å². The van der Waals surface area contributed by atoms with Gasteiger partial charge < -0.3 is 9.84 Å².